The van der Waals surface area contributed by atoms with Gasteiger partial charge in [0, 0.05) is 15.7 Å². The molecule has 0 aliphatic rings. The van der Waals surface area contributed by atoms with Crippen LogP contribution in [0.1, 0.15) is 36.1 Å². The Kier molecular flexibility index (Phi) is 12.6. The van der Waals surface area contributed by atoms with Gasteiger partial charge in [-0.3, -0.25) is 0 Å². The largest absolute Gasteiger partial charge is 0.694 e. The first-order valence-electron chi connectivity index (χ1n) is 9.96. The Morgan fingerprint density at radius 2 is 1.77 bits per heavy atom. The zero-order valence-corrected chi connectivity index (χ0v) is 20.3. The number of oxime groups is 2. The maximum atomic E-state index is 12.9. The lowest BCUT2D eigenvalue weighted by Crippen LogP contribution is -2.19. The van der Waals surface area contributed by atoms with Crippen LogP contribution in [0.25, 0.3) is 0 Å². The zero-order valence-electron chi connectivity index (χ0n) is 19.4. The van der Waals surface area contributed by atoms with Crippen LogP contribution < -0.4 is 0 Å². The van der Waals surface area contributed by atoms with Crippen molar-refractivity contribution in [1.82, 2.24) is 0 Å². The number of halogens is 3. The van der Waals surface area contributed by atoms with Gasteiger partial charge in [-0.2, -0.15) is 13.2 Å². The van der Waals surface area contributed by atoms with Gasteiger partial charge in [0.15, 0.2) is 5.71 Å². The van der Waals surface area contributed by atoms with E-state index in [4.69, 9.17) is 19.3 Å². The monoisotopic (exact) mass is 517 g/mol. The molecule has 190 valence electrons. The third-order valence-electron chi connectivity index (χ3n) is 4.10. The van der Waals surface area contributed by atoms with Crippen molar-refractivity contribution >= 4 is 25.6 Å². The summed E-state index contributed by atoms with van der Waals surface area (Å²) in [6.45, 7) is 3.44. The van der Waals surface area contributed by atoms with E-state index in [2.05, 4.69) is 14.8 Å². The Bertz CT molecular complexity index is 1060. The summed E-state index contributed by atoms with van der Waals surface area (Å²) in [5, 5.41) is 7.58. The predicted octanol–water partition coefficient (Wildman–Crippen LogP) is 4.84. The Morgan fingerprint density at radius 3 is 2.31 bits per heavy atom. The highest BCUT2D eigenvalue weighted by Crippen LogP contribution is 2.29. The molecule has 1 N–H and O–H groups in total. The number of esters is 1. The van der Waals surface area contributed by atoms with Crippen LogP contribution in [0.5, 0.6) is 0 Å². The summed E-state index contributed by atoms with van der Waals surface area (Å²) in [5.41, 5.74) is 0.722. The summed E-state index contributed by atoms with van der Waals surface area (Å²) >= 11 is 0. The van der Waals surface area contributed by atoms with E-state index < -0.39 is 26.0 Å². The lowest BCUT2D eigenvalue weighted by molar-refractivity contribution is -0.137. The number of rotatable bonds is 9. The van der Waals surface area contributed by atoms with Crippen LogP contribution in [0, 0.1) is 0 Å². The fraction of sp³-hybridized carbons (Fsp3) is 0.318. The highest BCUT2D eigenvalue weighted by atomic mass is 31.1. The number of nitrogens with zero attached hydrogens (tertiary/aromatic N) is 2. The summed E-state index contributed by atoms with van der Waals surface area (Å²) in [6.07, 6.45) is -4.44. The highest BCUT2D eigenvalue weighted by molar-refractivity contribution is 7.32. The van der Waals surface area contributed by atoms with Crippen molar-refractivity contribution in [3.8, 4) is 0 Å². The van der Waals surface area contributed by atoms with Gasteiger partial charge in [-0.05, 0) is 31.5 Å². The van der Waals surface area contributed by atoms with Gasteiger partial charge in [0.25, 0.3) is 0 Å². The summed E-state index contributed by atoms with van der Waals surface area (Å²) < 4.78 is 56.9. The van der Waals surface area contributed by atoms with E-state index in [1.165, 1.54) is 33.3 Å². The molecule has 0 spiro atoms. The van der Waals surface area contributed by atoms with Crippen molar-refractivity contribution in [2.75, 3.05) is 20.8 Å². The molecule has 35 heavy (non-hydrogen) atoms. The third kappa shape index (κ3) is 10.2. The molecule has 0 aromatic heterocycles. The van der Waals surface area contributed by atoms with E-state index in [1.54, 1.807) is 31.2 Å². The molecule has 0 heterocycles. The number of hydrogen-bond donors (Lipinski definition) is 1. The van der Waals surface area contributed by atoms with Gasteiger partial charge in [-0.15, -0.1) is 9.42 Å². The fourth-order valence-corrected chi connectivity index (χ4v) is 2.76. The molecule has 1 atom stereocenters. The number of alkyl halides is 3. The van der Waals surface area contributed by atoms with Gasteiger partial charge in [0.05, 0.1) is 18.4 Å². The third-order valence-corrected chi connectivity index (χ3v) is 4.58. The van der Waals surface area contributed by atoms with Gasteiger partial charge in [0.1, 0.15) is 20.3 Å². The highest BCUT2D eigenvalue weighted by Gasteiger charge is 2.30. The van der Waals surface area contributed by atoms with E-state index in [0.29, 0.717) is 17.7 Å². The average molecular weight is 517 g/mol. The topological polar surface area (TPSA) is 116 Å². The van der Waals surface area contributed by atoms with Crippen molar-refractivity contribution < 1.29 is 46.4 Å². The van der Waals surface area contributed by atoms with Crippen LogP contribution in [0.2, 0.25) is 0 Å². The summed E-state index contributed by atoms with van der Waals surface area (Å²) in [5.74, 6) is -0.692. The number of hydrogen-bond acceptors (Lipinski definition) is 8. The molecule has 2 aromatic rings. The molecular formula is C22H25F3N2O7P+. The van der Waals surface area contributed by atoms with Crippen molar-refractivity contribution in [3.05, 3.63) is 70.8 Å². The number of carbonyl (C=O) groups is 1. The standard InChI is InChI=1S/C20H19F3N2O4.C2H5O3P/c1-13(14-8-6-9-16(11-14)20(21,22)23)24-29-12-15-7-4-5-10-17(15)18(25-28-3)19(26)27-2;1-2-5-6(3)4/h4-11H,12H2,1-3H3;2H2,1H3/p+1/b24-13+,25-18+;. The molecular weight excluding hydrogens is 492 g/mol. The van der Waals surface area contributed by atoms with Gasteiger partial charge >= 0.3 is 20.4 Å². The van der Waals surface area contributed by atoms with Gasteiger partial charge in [-0.1, -0.05) is 46.7 Å². The summed E-state index contributed by atoms with van der Waals surface area (Å²) in [4.78, 5) is 29.8. The van der Waals surface area contributed by atoms with Crippen LogP contribution in [0.15, 0.2) is 58.8 Å². The van der Waals surface area contributed by atoms with E-state index in [-0.39, 0.29) is 23.6 Å². The second-order valence-corrected chi connectivity index (χ2v) is 7.19. The van der Waals surface area contributed by atoms with Crippen molar-refractivity contribution in [2.24, 2.45) is 10.3 Å². The van der Waals surface area contributed by atoms with Crippen molar-refractivity contribution in [1.29, 1.82) is 0 Å². The Morgan fingerprint density at radius 1 is 1.09 bits per heavy atom. The summed E-state index contributed by atoms with van der Waals surface area (Å²) in [6, 6.07) is 11.5. The molecule has 0 fully saturated rings. The molecule has 13 heteroatoms. The Labute approximate surface area is 201 Å². The SMILES string of the molecule is CCO[P+](=O)O.CO/N=C(/C(=O)OC)c1ccccc1CO/N=C(\C)c1cccc(C(F)(F)F)c1. The first kappa shape index (κ1) is 29.7. The van der Waals surface area contributed by atoms with Gasteiger partial charge in [0.2, 0.25) is 0 Å². The van der Waals surface area contributed by atoms with Crippen LogP contribution in [-0.4, -0.2) is 43.1 Å². The van der Waals surface area contributed by atoms with Crippen molar-refractivity contribution in [2.45, 2.75) is 26.6 Å². The van der Waals surface area contributed by atoms with Gasteiger partial charge < -0.3 is 14.4 Å². The molecule has 2 rings (SSSR count). The molecule has 0 aliphatic heterocycles. The van der Waals surface area contributed by atoms with E-state index >= 15 is 0 Å². The smallest absolute Gasteiger partial charge is 0.464 e. The molecule has 2 aromatic carbocycles. The molecule has 0 amide bonds. The molecule has 0 aliphatic carbocycles. The van der Waals surface area contributed by atoms with Gasteiger partial charge in [-0.25, -0.2) is 4.79 Å². The second kappa shape index (κ2) is 14.8. The quantitative estimate of drug-likeness (QED) is 0.219. The number of ether oxygens (including phenoxy) is 1. The fourth-order valence-electron chi connectivity index (χ4n) is 2.54. The number of carbonyl (C=O) groups excluding carboxylic acids is 1. The average Bonchev–Trinajstić information content (AvgIpc) is 2.82. The van der Waals surface area contributed by atoms with Crippen LogP contribution in [0.4, 0.5) is 13.2 Å². The Hall–Kier alpha value is -3.34. The van der Waals surface area contributed by atoms with E-state index in [0.717, 1.165) is 12.1 Å². The van der Waals surface area contributed by atoms with Crippen molar-refractivity contribution in [3.63, 3.8) is 0 Å². The van der Waals surface area contributed by atoms with Crippen LogP contribution >= 0.6 is 8.25 Å². The number of benzene rings is 2. The molecule has 0 saturated heterocycles. The first-order valence-corrected chi connectivity index (χ1v) is 11.1. The molecule has 0 radical (unpaired) electrons. The Balaban J connectivity index is 0.000000905. The molecule has 9 nitrogen and oxygen atoms in total. The summed E-state index contributed by atoms with van der Waals surface area (Å²) in [7, 11) is 0.163. The minimum Gasteiger partial charge on any atom is -0.464 e. The van der Waals surface area contributed by atoms with E-state index in [1.807, 2.05) is 0 Å². The zero-order chi connectivity index (χ0) is 26.4. The second-order valence-electron chi connectivity index (χ2n) is 6.46. The molecule has 0 bridgehead atoms. The maximum Gasteiger partial charge on any atom is 0.694 e. The van der Waals surface area contributed by atoms with Crippen LogP contribution in [-0.2, 0) is 41.1 Å². The molecule has 1 unspecified atom stereocenters. The lowest BCUT2D eigenvalue weighted by atomic mass is 10.0. The minimum absolute atomic E-state index is 0.0484. The first-order chi connectivity index (χ1) is 16.5. The normalized spacial score (nSPS) is 12.3. The van der Waals surface area contributed by atoms with E-state index in [9.17, 15) is 22.5 Å². The number of methoxy groups -OCH3 is 1. The predicted molar refractivity (Wildman–Crippen MR) is 122 cm³/mol. The maximum absolute atomic E-state index is 12.9. The van der Waals surface area contributed by atoms with Crippen LogP contribution in [0.3, 0.4) is 0 Å². The lowest BCUT2D eigenvalue weighted by Gasteiger charge is -2.10. The molecule has 0 saturated carbocycles. The minimum atomic E-state index is -4.44.